The van der Waals surface area contributed by atoms with Gasteiger partial charge in [0.25, 0.3) is 0 Å². The number of nitrogens with one attached hydrogen (secondary N) is 1. The summed E-state index contributed by atoms with van der Waals surface area (Å²) in [4.78, 5) is 19.3. The van der Waals surface area contributed by atoms with E-state index < -0.39 is 5.41 Å². The first-order valence-corrected chi connectivity index (χ1v) is 9.44. The normalized spacial score (nSPS) is 26.9. The summed E-state index contributed by atoms with van der Waals surface area (Å²) in [5, 5.41) is 14.8. The molecule has 0 spiro atoms. The molecule has 1 aliphatic carbocycles. The van der Waals surface area contributed by atoms with Crippen LogP contribution in [0.5, 0.6) is 0 Å². The maximum absolute atomic E-state index is 12.5. The van der Waals surface area contributed by atoms with Crippen molar-refractivity contribution < 1.29 is 9.53 Å². The smallest absolute Gasteiger partial charge is 0.246 e. The third-order valence-electron chi connectivity index (χ3n) is 4.76. The fraction of sp³-hybridized carbons (Fsp3) is 0.706. The van der Waals surface area contributed by atoms with Crippen molar-refractivity contribution in [3.63, 3.8) is 0 Å². The van der Waals surface area contributed by atoms with Crippen LogP contribution >= 0.6 is 11.3 Å². The average molecular weight is 348 g/mol. The molecule has 2 fully saturated rings. The summed E-state index contributed by atoms with van der Waals surface area (Å²) in [7, 11) is 0. The van der Waals surface area contributed by atoms with Crippen LogP contribution in [0, 0.1) is 16.7 Å². The maximum atomic E-state index is 12.5. The summed E-state index contributed by atoms with van der Waals surface area (Å²) in [5.41, 5.74) is 0.0926. The van der Waals surface area contributed by atoms with Gasteiger partial charge in [0.1, 0.15) is 5.41 Å². The molecular formula is C17H24N4O2S. The molecule has 1 amide bonds. The first-order valence-electron chi connectivity index (χ1n) is 8.56. The van der Waals surface area contributed by atoms with E-state index in [9.17, 15) is 10.1 Å². The molecule has 1 saturated heterocycles. The van der Waals surface area contributed by atoms with Crippen LogP contribution in [0.4, 0.5) is 5.13 Å². The van der Waals surface area contributed by atoms with Crippen molar-refractivity contribution >= 4 is 22.4 Å². The van der Waals surface area contributed by atoms with Gasteiger partial charge in [0.2, 0.25) is 5.91 Å². The van der Waals surface area contributed by atoms with Crippen LogP contribution in [0.2, 0.25) is 0 Å². The number of morpholine rings is 1. The number of thiazole rings is 1. The number of nitrogens with zero attached hydrogens (tertiary/aromatic N) is 3. The molecule has 0 radical (unpaired) electrons. The molecule has 6 nitrogen and oxygen atoms in total. The molecule has 130 valence electrons. The predicted octanol–water partition coefficient (Wildman–Crippen LogP) is 2.77. The molecule has 1 saturated carbocycles. The van der Waals surface area contributed by atoms with Gasteiger partial charge in [-0.15, -0.1) is 11.3 Å². The second-order valence-corrected chi connectivity index (χ2v) is 7.81. The van der Waals surface area contributed by atoms with Crippen LogP contribution in [-0.2, 0) is 16.1 Å². The molecule has 24 heavy (non-hydrogen) atoms. The number of amides is 1. The van der Waals surface area contributed by atoms with Crippen molar-refractivity contribution in [3.8, 4) is 6.07 Å². The summed E-state index contributed by atoms with van der Waals surface area (Å²) >= 11 is 1.43. The lowest BCUT2D eigenvalue weighted by Crippen LogP contribution is -2.44. The van der Waals surface area contributed by atoms with E-state index in [1.54, 1.807) is 0 Å². The van der Waals surface area contributed by atoms with E-state index in [0.717, 1.165) is 38.2 Å². The Hall–Kier alpha value is -1.49. The SMILES string of the molecule is CC1CN(Cc2csc(NC(=O)C3(C#N)CCCC3)n2)CC(C)O1. The van der Waals surface area contributed by atoms with E-state index in [1.807, 2.05) is 5.38 Å². The average Bonchev–Trinajstić information content (AvgIpc) is 3.16. The Balaban J connectivity index is 1.59. The van der Waals surface area contributed by atoms with E-state index in [1.165, 1.54) is 11.3 Å². The molecule has 2 unspecified atom stereocenters. The molecule has 0 bridgehead atoms. The summed E-state index contributed by atoms with van der Waals surface area (Å²) in [5.74, 6) is -0.197. The highest BCUT2D eigenvalue weighted by Crippen LogP contribution is 2.38. The molecule has 2 aliphatic rings. The summed E-state index contributed by atoms with van der Waals surface area (Å²) in [6.07, 6.45) is 3.64. The third kappa shape index (κ3) is 3.77. The van der Waals surface area contributed by atoms with Crippen LogP contribution < -0.4 is 5.32 Å². The Bertz CT molecular complexity index is 623. The zero-order chi connectivity index (χ0) is 17.2. The number of aromatic nitrogens is 1. The minimum atomic E-state index is -0.860. The Morgan fingerprint density at radius 1 is 1.46 bits per heavy atom. The lowest BCUT2D eigenvalue weighted by Gasteiger charge is -2.34. The van der Waals surface area contributed by atoms with Gasteiger partial charge in [0, 0.05) is 25.0 Å². The Kier molecular flexibility index (Phi) is 5.18. The number of anilines is 1. The van der Waals surface area contributed by atoms with Gasteiger partial charge in [-0.1, -0.05) is 12.8 Å². The van der Waals surface area contributed by atoms with Crippen LogP contribution in [-0.4, -0.2) is 41.1 Å². The Morgan fingerprint density at radius 2 is 2.12 bits per heavy atom. The number of ether oxygens (including phenoxy) is 1. The number of hydrogen-bond acceptors (Lipinski definition) is 6. The van der Waals surface area contributed by atoms with Crippen LogP contribution in [0.15, 0.2) is 5.38 Å². The lowest BCUT2D eigenvalue weighted by atomic mass is 9.87. The molecule has 2 atom stereocenters. The highest BCUT2D eigenvalue weighted by molar-refractivity contribution is 7.13. The first-order chi connectivity index (χ1) is 11.5. The first kappa shape index (κ1) is 17.3. The van der Waals surface area contributed by atoms with Gasteiger partial charge >= 0.3 is 0 Å². The van der Waals surface area contributed by atoms with Gasteiger partial charge in [0.05, 0.1) is 24.0 Å². The van der Waals surface area contributed by atoms with E-state index in [4.69, 9.17) is 4.74 Å². The highest BCUT2D eigenvalue weighted by atomic mass is 32.1. The van der Waals surface area contributed by atoms with Crippen molar-refractivity contribution in [2.75, 3.05) is 18.4 Å². The number of rotatable bonds is 4. The lowest BCUT2D eigenvalue weighted by molar-refractivity contribution is -0.122. The zero-order valence-electron chi connectivity index (χ0n) is 14.2. The van der Waals surface area contributed by atoms with E-state index in [2.05, 4.69) is 35.1 Å². The number of hydrogen-bond donors (Lipinski definition) is 1. The highest BCUT2D eigenvalue weighted by Gasteiger charge is 2.41. The minimum absolute atomic E-state index is 0.197. The van der Waals surface area contributed by atoms with Crippen molar-refractivity contribution in [2.24, 2.45) is 5.41 Å². The molecule has 1 aromatic rings. The maximum Gasteiger partial charge on any atom is 0.246 e. The fourth-order valence-electron chi connectivity index (χ4n) is 3.66. The molecule has 0 aromatic carbocycles. The monoisotopic (exact) mass is 348 g/mol. The van der Waals surface area contributed by atoms with Gasteiger partial charge < -0.3 is 10.1 Å². The summed E-state index contributed by atoms with van der Waals surface area (Å²) in [6.45, 7) is 6.70. The zero-order valence-corrected chi connectivity index (χ0v) is 15.1. The van der Waals surface area contributed by atoms with Crippen molar-refractivity contribution in [1.82, 2.24) is 9.88 Å². The van der Waals surface area contributed by atoms with E-state index in [-0.39, 0.29) is 18.1 Å². The van der Waals surface area contributed by atoms with Gasteiger partial charge in [0.15, 0.2) is 5.13 Å². The number of carbonyl (C=O) groups excluding carboxylic acids is 1. The van der Waals surface area contributed by atoms with E-state index in [0.29, 0.717) is 18.0 Å². The molecule has 1 N–H and O–H groups in total. The molecule has 3 rings (SSSR count). The van der Waals surface area contributed by atoms with Gasteiger partial charge in [-0.25, -0.2) is 4.98 Å². The number of carbonyl (C=O) groups is 1. The van der Waals surface area contributed by atoms with Gasteiger partial charge in [-0.05, 0) is 26.7 Å². The van der Waals surface area contributed by atoms with E-state index >= 15 is 0 Å². The minimum Gasteiger partial charge on any atom is -0.373 e. The van der Waals surface area contributed by atoms with Gasteiger partial charge in [-0.3, -0.25) is 9.69 Å². The van der Waals surface area contributed by atoms with Crippen LogP contribution in [0.1, 0.15) is 45.2 Å². The molecule has 2 heterocycles. The quantitative estimate of drug-likeness (QED) is 0.905. The second kappa shape index (κ2) is 7.18. The Morgan fingerprint density at radius 3 is 2.75 bits per heavy atom. The topological polar surface area (TPSA) is 78.3 Å². The largest absolute Gasteiger partial charge is 0.373 e. The second-order valence-electron chi connectivity index (χ2n) is 6.95. The predicted molar refractivity (Wildman–Crippen MR) is 92.5 cm³/mol. The summed E-state index contributed by atoms with van der Waals surface area (Å²) in [6, 6.07) is 2.22. The Labute approximate surface area is 146 Å². The van der Waals surface area contributed by atoms with Crippen molar-refractivity contribution in [3.05, 3.63) is 11.1 Å². The standard InChI is InChI=1S/C17H24N4O2S/c1-12-7-21(8-13(2)23-12)9-14-10-24-16(19-14)20-15(22)17(11-18)5-3-4-6-17/h10,12-13H,3-9H2,1-2H3,(H,19,20,22). The van der Waals surface area contributed by atoms with Crippen LogP contribution in [0.25, 0.3) is 0 Å². The van der Waals surface area contributed by atoms with Crippen molar-refractivity contribution in [1.29, 1.82) is 5.26 Å². The van der Waals surface area contributed by atoms with Gasteiger partial charge in [-0.2, -0.15) is 5.26 Å². The summed E-state index contributed by atoms with van der Waals surface area (Å²) < 4.78 is 5.75. The van der Waals surface area contributed by atoms with Crippen LogP contribution in [0.3, 0.4) is 0 Å². The fourth-order valence-corrected chi connectivity index (χ4v) is 4.36. The molecule has 7 heteroatoms. The molecule has 1 aromatic heterocycles. The molecular weight excluding hydrogens is 324 g/mol. The third-order valence-corrected chi connectivity index (χ3v) is 5.57. The van der Waals surface area contributed by atoms with Crippen molar-refractivity contribution in [2.45, 2.75) is 58.3 Å². The molecule has 1 aliphatic heterocycles. The number of nitriles is 1.